The van der Waals surface area contributed by atoms with Gasteiger partial charge in [0.1, 0.15) is 0 Å². The summed E-state index contributed by atoms with van der Waals surface area (Å²) < 4.78 is 0. The van der Waals surface area contributed by atoms with E-state index in [0.717, 1.165) is 28.6 Å². The summed E-state index contributed by atoms with van der Waals surface area (Å²) in [7, 11) is 0. The molecule has 3 rings (SSSR count). The van der Waals surface area contributed by atoms with Gasteiger partial charge in [-0.05, 0) is 35.5 Å². The van der Waals surface area contributed by atoms with Gasteiger partial charge in [-0.3, -0.25) is 0 Å². The van der Waals surface area contributed by atoms with Crippen molar-refractivity contribution in [1.82, 2.24) is 0 Å². The van der Waals surface area contributed by atoms with E-state index in [2.05, 4.69) is 27.4 Å². The highest BCUT2D eigenvalue weighted by Gasteiger charge is 3.08. The summed E-state index contributed by atoms with van der Waals surface area (Å²) >= 11 is 0. The van der Waals surface area contributed by atoms with Crippen molar-refractivity contribution in [2.75, 3.05) is 0 Å². The topological polar surface area (TPSA) is 0 Å². The van der Waals surface area contributed by atoms with Crippen molar-refractivity contribution < 1.29 is 0 Å². The molecule has 0 heterocycles. The predicted molar refractivity (Wildman–Crippen MR) is 41.5 cm³/mol. The maximum atomic E-state index is 4.05. The van der Waals surface area contributed by atoms with E-state index in [9.17, 15) is 0 Å². The monoisotopic (exact) mass is 134 g/mol. The first-order valence-corrected chi connectivity index (χ1v) is 4.25. The Hall–Kier alpha value is -0.260. The van der Waals surface area contributed by atoms with Crippen LogP contribution >= 0.6 is 0 Å². The van der Waals surface area contributed by atoms with Crippen molar-refractivity contribution in [3.8, 4) is 0 Å². The first kappa shape index (κ1) is 5.40. The summed E-state index contributed by atoms with van der Waals surface area (Å²) in [5.41, 5.74) is 3.01. The highest BCUT2D eigenvalue weighted by atomic mass is 15.1. The molecule has 3 saturated carbocycles. The quantitative estimate of drug-likeness (QED) is 0.483. The molecule has 54 valence electrons. The fourth-order valence-electron chi connectivity index (χ4n) is 4.38. The van der Waals surface area contributed by atoms with Gasteiger partial charge in [-0.15, -0.1) is 0 Å². The van der Waals surface area contributed by atoms with Crippen LogP contribution < -0.4 is 0 Å². The molecule has 3 aliphatic rings. The number of hydrogen-bond donors (Lipinski definition) is 0. The molecule has 0 heteroatoms. The zero-order valence-corrected chi connectivity index (χ0v) is 6.94. The Bertz CT molecular complexity index is 253. The smallest absolute Gasteiger partial charge is 0.00782 e. The van der Waals surface area contributed by atoms with E-state index in [1.165, 1.54) is 5.57 Å². The lowest BCUT2D eigenvalue weighted by molar-refractivity contribution is 0.481. The SMILES string of the molecule is C=C(C)C1C2(C)C3C(C)C132. The molecule has 0 aromatic rings. The molecule has 0 amide bonds. The summed E-state index contributed by atoms with van der Waals surface area (Å²) in [6, 6.07) is 0. The van der Waals surface area contributed by atoms with Crippen LogP contribution in [0.2, 0.25) is 0 Å². The lowest BCUT2D eigenvalue weighted by Crippen LogP contribution is -1.99. The third-order valence-corrected chi connectivity index (χ3v) is 4.64. The summed E-state index contributed by atoms with van der Waals surface area (Å²) in [5, 5.41) is 0. The first-order chi connectivity index (χ1) is 4.59. The molecule has 3 aliphatic carbocycles. The molecule has 0 bridgehead atoms. The Morgan fingerprint density at radius 2 is 2.10 bits per heavy atom. The average molecular weight is 134 g/mol. The summed E-state index contributed by atoms with van der Waals surface area (Å²) in [6.45, 7) is 11.1. The van der Waals surface area contributed by atoms with Crippen LogP contribution in [0.3, 0.4) is 0 Å². The molecule has 3 fully saturated rings. The van der Waals surface area contributed by atoms with Crippen molar-refractivity contribution in [2.45, 2.75) is 20.8 Å². The van der Waals surface area contributed by atoms with Gasteiger partial charge in [0.25, 0.3) is 0 Å². The predicted octanol–water partition coefficient (Wildman–Crippen LogP) is 2.46. The van der Waals surface area contributed by atoms with Crippen molar-refractivity contribution >= 4 is 0 Å². The minimum atomic E-state index is 0.762. The highest BCUT2D eigenvalue weighted by Crippen LogP contribution is 3.11. The first-order valence-electron chi connectivity index (χ1n) is 4.25. The number of hydrogen-bond acceptors (Lipinski definition) is 0. The van der Waals surface area contributed by atoms with Gasteiger partial charge in [0.05, 0.1) is 0 Å². The Morgan fingerprint density at radius 1 is 1.50 bits per heavy atom. The molecule has 0 nitrogen and oxygen atoms in total. The molecule has 10 heavy (non-hydrogen) atoms. The van der Waals surface area contributed by atoms with Crippen LogP contribution in [0.15, 0.2) is 12.2 Å². The van der Waals surface area contributed by atoms with E-state index in [4.69, 9.17) is 0 Å². The van der Waals surface area contributed by atoms with E-state index in [-0.39, 0.29) is 0 Å². The van der Waals surface area contributed by atoms with E-state index in [1.54, 1.807) is 0 Å². The summed E-state index contributed by atoms with van der Waals surface area (Å²) in [4.78, 5) is 0. The Balaban J connectivity index is 1.94. The standard InChI is InChI=1S/C10H14/c1-5(2)7-9(4)8-6(3)10(7,8)9/h6-8H,1H2,2-4H3. The lowest BCUT2D eigenvalue weighted by atomic mass is 9.99. The molecule has 0 radical (unpaired) electrons. The number of allylic oxidation sites excluding steroid dienone is 1. The van der Waals surface area contributed by atoms with Crippen LogP contribution in [0.4, 0.5) is 0 Å². The third-order valence-electron chi connectivity index (χ3n) is 4.64. The maximum Gasteiger partial charge on any atom is -0.00782 e. The summed E-state index contributed by atoms with van der Waals surface area (Å²) in [5.74, 6) is 3.07. The Kier molecular flexibility index (Phi) is 0.502. The van der Waals surface area contributed by atoms with Crippen molar-refractivity contribution in [2.24, 2.45) is 28.6 Å². The van der Waals surface area contributed by atoms with E-state index in [1.807, 2.05) is 0 Å². The zero-order chi connectivity index (χ0) is 7.31. The van der Waals surface area contributed by atoms with Crippen molar-refractivity contribution in [1.29, 1.82) is 0 Å². The van der Waals surface area contributed by atoms with Crippen LogP contribution in [-0.2, 0) is 0 Å². The molecule has 1 spiro atoms. The lowest BCUT2D eigenvalue weighted by Gasteiger charge is -2.06. The van der Waals surface area contributed by atoms with Gasteiger partial charge >= 0.3 is 0 Å². The van der Waals surface area contributed by atoms with E-state index < -0.39 is 0 Å². The maximum absolute atomic E-state index is 4.05. The van der Waals surface area contributed by atoms with Crippen LogP contribution in [-0.4, -0.2) is 0 Å². The van der Waals surface area contributed by atoms with Crippen LogP contribution in [0.5, 0.6) is 0 Å². The molecule has 0 aromatic heterocycles. The molecule has 0 N–H and O–H groups in total. The second kappa shape index (κ2) is 0.929. The molecule has 5 unspecified atom stereocenters. The third kappa shape index (κ3) is 0.212. The average Bonchev–Trinajstić information content (AvgIpc) is 2.59. The van der Waals surface area contributed by atoms with Gasteiger partial charge in [-0.25, -0.2) is 0 Å². The Morgan fingerprint density at radius 3 is 2.20 bits per heavy atom. The molecule has 0 saturated heterocycles. The molecule has 0 aromatic carbocycles. The van der Waals surface area contributed by atoms with E-state index in [0.29, 0.717) is 0 Å². The number of fused-ring (bicyclic) bond motifs is 1. The van der Waals surface area contributed by atoms with E-state index >= 15 is 0 Å². The van der Waals surface area contributed by atoms with Gasteiger partial charge in [-0.2, -0.15) is 0 Å². The molecule has 5 atom stereocenters. The normalized spacial score (nSPS) is 73.7. The second-order valence-electron chi connectivity index (χ2n) is 4.76. The van der Waals surface area contributed by atoms with Gasteiger partial charge in [-0.1, -0.05) is 26.0 Å². The van der Waals surface area contributed by atoms with Gasteiger partial charge in [0, 0.05) is 0 Å². The zero-order valence-electron chi connectivity index (χ0n) is 6.94. The largest absolute Gasteiger partial charge is 0.0998 e. The minimum absolute atomic E-state index is 0.762. The van der Waals surface area contributed by atoms with Crippen LogP contribution in [0.25, 0.3) is 0 Å². The van der Waals surface area contributed by atoms with Crippen LogP contribution in [0.1, 0.15) is 20.8 Å². The Labute approximate surface area is 62.3 Å². The fraction of sp³-hybridized carbons (Fsp3) is 0.800. The van der Waals surface area contributed by atoms with Crippen molar-refractivity contribution in [3.05, 3.63) is 12.2 Å². The molecule has 0 aliphatic heterocycles. The fourth-order valence-corrected chi connectivity index (χ4v) is 4.38. The minimum Gasteiger partial charge on any atom is -0.0998 e. The van der Waals surface area contributed by atoms with Crippen LogP contribution in [0, 0.1) is 28.6 Å². The second-order valence-corrected chi connectivity index (χ2v) is 4.76. The van der Waals surface area contributed by atoms with Gasteiger partial charge in [0.15, 0.2) is 0 Å². The summed E-state index contributed by atoms with van der Waals surface area (Å²) in [6.07, 6.45) is 0. The molecular formula is C10H14. The van der Waals surface area contributed by atoms with Crippen molar-refractivity contribution in [3.63, 3.8) is 0 Å². The highest BCUT2D eigenvalue weighted by molar-refractivity contribution is 5.58. The molecular weight excluding hydrogens is 120 g/mol. The number of rotatable bonds is 1. The van der Waals surface area contributed by atoms with Gasteiger partial charge in [0.2, 0.25) is 0 Å². The van der Waals surface area contributed by atoms with Gasteiger partial charge < -0.3 is 0 Å².